The van der Waals surface area contributed by atoms with Crippen molar-refractivity contribution < 1.29 is 4.39 Å². The van der Waals surface area contributed by atoms with Gasteiger partial charge in [-0.25, -0.2) is 4.39 Å². The van der Waals surface area contributed by atoms with E-state index >= 15 is 0 Å². The summed E-state index contributed by atoms with van der Waals surface area (Å²) in [5, 5.41) is 3.47. The van der Waals surface area contributed by atoms with Gasteiger partial charge in [0.15, 0.2) is 0 Å². The van der Waals surface area contributed by atoms with E-state index in [4.69, 9.17) is 0 Å². The fraction of sp³-hybridized carbons (Fsp3) is 0.286. The summed E-state index contributed by atoms with van der Waals surface area (Å²) in [4.78, 5) is 1.16. The Morgan fingerprint density at radius 1 is 1.32 bits per heavy atom. The lowest BCUT2D eigenvalue weighted by Gasteiger charge is -2.17. The molecule has 0 saturated carbocycles. The molecule has 1 heterocycles. The van der Waals surface area contributed by atoms with E-state index in [1.165, 1.54) is 6.07 Å². The van der Waals surface area contributed by atoms with Gasteiger partial charge in [-0.3, -0.25) is 0 Å². The van der Waals surface area contributed by atoms with Gasteiger partial charge in [0.1, 0.15) is 5.82 Å². The molecule has 0 bridgehead atoms. The molecule has 0 aliphatic heterocycles. The second-order valence-corrected chi connectivity index (χ2v) is 7.47. The average Bonchev–Trinajstić information content (AvgIpc) is 2.70. The monoisotopic (exact) mass is 405 g/mol. The molecule has 0 radical (unpaired) electrons. The third-order valence-corrected chi connectivity index (χ3v) is 6.05. The summed E-state index contributed by atoms with van der Waals surface area (Å²) in [6.07, 6.45) is 1.04. The summed E-state index contributed by atoms with van der Waals surface area (Å²) < 4.78 is 15.5. The van der Waals surface area contributed by atoms with Crippen LogP contribution in [0.15, 0.2) is 38.6 Å². The van der Waals surface area contributed by atoms with E-state index in [-0.39, 0.29) is 11.9 Å². The second kappa shape index (κ2) is 6.97. The highest BCUT2D eigenvalue weighted by Crippen LogP contribution is 2.37. The van der Waals surface area contributed by atoms with Crippen LogP contribution >= 0.6 is 43.2 Å². The standard InChI is InChI=1S/C14H14Br2FNS/c1-2-6-18-13(9-4-3-5-10(17)7-9)12-8-11(15)14(16)19-12/h3-5,7-8,13,18H,2,6H2,1H3. The molecule has 5 heteroatoms. The molecule has 1 aromatic heterocycles. The first kappa shape index (κ1) is 15.2. The van der Waals surface area contributed by atoms with E-state index in [2.05, 4.69) is 50.2 Å². The third kappa shape index (κ3) is 3.88. The molecule has 0 saturated heterocycles. The summed E-state index contributed by atoms with van der Waals surface area (Å²) in [7, 11) is 0. The Labute approximate surface area is 133 Å². The predicted octanol–water partition coefficient (Wildman–Crippen LogP) is 5.50. The first-order chi connectivity index (χ1) is 9.11. The summed E-state index contributed by atoms with van der Waals surface area (Å²) in [6.45, 7) is 3.02. The van der Waals surface area contributed by atoms with Crippen LogP contribution in [0.3, 0.4) is 0 Å². The smallest absolute Gasteiger partial charge is 0.123 e. The molecule has 0 amide bonds. The van der Waals surface area contributed by atoms with Crippen LogP contribution in [0.25, 0.3) is 0 Å². The molecule has 19 heavy (non-hydrogen) atoms. The van der Waals surface area contributed by atoms with Crippen LogP contribution in [0.4, 0.5) is 4.39 Å². The molecule has 2 aromatic rings. The highest BCUT2D eigenvalue weighted by Gasteiger charge is 2.17. The Hall–Kier alpha value is -0.230. The van der Waals surface area contributed by atoms with E-state index in [0.717, 1.165) is 31.7 Å². The summed E-state index contributed by atoms with van der Waals surface area (Å²) in [6, 6.07) is 8.88. The van der Waals surface area contributed by atoms with Gasteiger partial charge in [0, 0.05) is 9.35 Å². The van der Waals surface area contributed by atoms with Crippen molar-refractivity contribution in [1.29, 1.82) is 0 Å². The highest BCUT2D eigenvalue weighted by molar-refractivity contribution is 9.13. The Morgan fingerprint density at radius 2 is 2.11 bits per heavy atom. The van der Waals surface area contributed by atoms with Crippen LogP contribution in [-0.4, -0.2) is 6.54 Å². The van der Waals surface area contributed by atoms with Crippen LogP contribution in [0.2, 0.25) is 0 Å². The van der Waals surface area contributed by atoms with Gasteiger partial charge in [-0.05, 0) is 68.6 Å². The topological polar surface area (TPSA) is 12.0 Å². The molecule has 1 aromatic carbocycles. The number of benzene rings is 1. The maximum atomic E-state index is 13.4. The molecule has 102 valence electrons. The fourth-order valence-corrected chi connectivity index (χ4v) is 4.06. The predicted molar refractivity (Wildman–Crippen MR) is 86.3 cm³/mol. The Balaban J connectivity index is 2.35. The molecular weight excluding hydrogens is 393 g/mol. The Morgan fingerprint density at radius 3 is 2.68 bits per heavy atom. The van der Waals surface area contributed by atoms with Crippen LogP contribution in [0.5, 0.6) is 0 Å². The number of nitrogens with one attached hydrogen (secondary N) is 1. The van der Waals surface area contributed by atoms with E-state index in [9.17, 15) is 4.39 Å². The van der Waals surface area contributed by atoms with E-state index < -0.39 is 0 Å². The molecule has 0 aliphatic carbocycles. The first-order valence-electron chi connectivity index (χ1n) is 6.05. The molecule has 2 rings (SSSR count). The first-order valence-corrected chi connectivity index (χ1v) is 8.45. The maximum Gasteiger partial charge on any atom is 0.123 e. The summed E-state index contributed by atoms with van der Waals surface area (Å²) in [5.41, 5.74) is 0.953. The van der Waals surface area contributed by atoms with Crippen molar-refractivity contribution in [2.45, 2.75) is 19.4 Å². The van der Waals surface area contributed by atoms with Gasteiger partial charge in [-0.1, -0.05) is 19.1 Å². The molecule has 1 N–H and O–H groups in total. The van der Waals surface area contributed by atoms with Gasteiger partial charge in [0.2, 0.25) is 0 Å². The highest BCUT2D eigenvalue weighted by atomic mass is 79.9. The lowest BCUT2D eigenvalue weighted by atomic mass is 10.1. The quantitative estimate of drug-likeness (QED) is 0.690. The zero-order chi connectivity index (χ0) is 13.8. The SMILES string of the molecule is CCCNC(c1cccc(F)c1)c1cc(Br)c(Br)s1. The van der Waals surface area contributed by atoms with Crippen LogP contribution in [0.1, 0.15) is 29.8 Å². The van der Waals surface area contributed by atoms with E-state index in [1.54, 1.807) is 23.5 Å². The lowest BCUT2D eigenvalue weighted by molar-refractivity contribution is 0.591. The Kier molecular flexibility index (Phi) is 5.57. The Bertz CT molecular complexity index is 537. The molecular formula is C14H14Br2FNS. The van der Waals surface area contributed by atoms with Gasteiger partial charge < -0.3 is 5.32 Å². The molecule has 0 fully saturated rings. The second-order valence-electron chi connectivity index (χ2n) is 4.21. The van der Waals surface area contributed by atoms with Crippen molar-refractivity contribution in [3.8, 4) is 0 Å². The molecule has 1 nitrogen and oxygen atoms in total. The molecule has 0 spiro atoms. The zero-order valence-electron chi connectivity index (χ0n) is 10.4. The lowest BCUT2D eigenvalue weighted by Crippen LogP contribution is -2.22. The van der Waals surface area contributed by atoms with Crippen molar-refractivity contribution in [3.63, 3.8) is 0 Å². The van der Waals surface area contributed by atoms with E-state index in [0.29, 0.717) is 0 Å². The van der Waals surface area contributed by atoms with Gasteiger partial charge in [-0.15, -0.1) is 11.3 Å². The van der Waals surface area contributed by atoms with Crippen LogP contribution < -0.4 is 5.32 Å². The minimum Gasteiger partial charge on any atom is -0.306 e. The summed E-state index contributed by atoms with van der Waals surface area (Å²) >= 11 is 8.67. The molecule has 1 atom stereocenters. The number of rotatable bonds is 5. The summed E-state index contributed by atoms with van der Waals surface area (Å²) in [5.74, 6) is -0.199. The number of halogens is 3. The minimum atomic E-state index is -0.199. The van der Waals surface area contributed by atoms with E-state index in [1.807, 2.05) is 6.07 Å². The fourth-order valence-electron chi connectivity index (χ4n) is 1.86. The van der Waals surface area contributed by atoms with Crippen LogP contribution in [0, 0.1) is 5.82 Å². The van der Waals surface area contributed by atoms with Crippen molar-refractivity contribution in [2.24, 2.45) is 0 Å². The van der Waals surface area contributed by atoms with Crippen molar-refractivity contribution in [3.05, 3.63) is 54.8 Å². The molecule has 0 aliphatic rings. The maximum absolute atomic E-state index is 13.4. The van der Waals surface area contributed by atoms with Gasteiger partial charge in [0.25, 0.3) is 0 Å². The minimum absolute atomic E-state index is 0.0308. The van der Waals surface area contributed by atoms with Crippen molar-refractivity contribution in [1.82, 2.24) is 5.32 Å². The average molecular weight is 407 g/mol. The van der Waals surface area contributed by atoms with Crippen LogP contribution in [-0.2, 0) is 0 Å². The van der Waals surface area contributed by atoms with Crippen molar-refractivity contribution in [2.75, 3.05) is 6.54 Å². The van der Waals surface area contributed by atoms with Crippen molar-refractivity contribution >= 4 is 43.2 Å². The van der Waals surface area contributed by atoms with Gasteiger partial charge in [-0.2, -0.15) is 0 Å². The number of hydrogen-bond acceptors (Lipinski definition) is 2. The third-order valence-electron chi connectivity index (χ3n) is 2.73. The molecule has 1 unspecified atom stereocenters. The van der Waals surface area contributed by atoms with Gasteiger partial charge in [0.05, 0.1) is 9.83 Å². The largest absolute Gasteiger partial charge is 0.306 e. The normalized spacial score (nSPS) is 12.6. The number of thiophene rings is 1. The zero-order valence-corrected chi connectivity index (χ0v) is 14.4. The van der Waals surface area contributed by atoms with Gasteiger partial charge >= 0.3 is 0 Å². The number of hydrogen-bond donors (Lipinski definition) is 1.